The molecular weight excluding hydrogens is 379 g/mol. The van der Waals surface area contributed by atoms with Gasteiger partial charge in [0.25, 0.3) is 0 Å². The molecule has 3 rings (SSSR count). The molecule has 0 N–H and O–H groups in total. The summed E-state index contributed by atoms with van der Waals surface area (Å²) in [6.07, 6.45) is -3.90. The Morgan fingerprint density at radius 2 is 1.70 bits per heavy atom. The predicted octanol–water partition coefficient (Wildman–Crippen LogP) is 6.10. The van der Waals surface area contributed by atoms with Gasteiger partial charge in [-0.15, -0.1) is 0 Å². The molecule has 1 heterocycles. The Balaban J connectivity index is 2.03. The number of benzene rings is 2. The van der Waals surface area contributed by atoms with Crippen molar-refractivity contribution in [3.05, 3.63) is 71.4 Å². The molecule has 2 aromatic carbocycles. The molecule has 0 saturated carbocycles. The number of alkyl halides is 3. The van der Waals surface area contributed by atoms with E-state index in [0.29, 0.717) is 17.3 Å². The van der Waals surface area contributed by atoms with Crippen molar-refractivity contribution in [2.45, 2.75) is 13.1 Å². The maximum Gasteiger partial charge on any atom is 0.423 e. The number of anilines is 2. The molecule has 0 saturated heterocycles. The molecule has 0 amide bonds. The second kappa shape index (κ2) is 7.84. The zero-order chi connectivity index (χ0) is 19.4. The van der Waals surface area contributed by atoms with Gasteiger partial charge in [0.2, 0.25) is 11.8 Å². The van der Waals surface area contributed by atoms with Crippen LogP contribution in [0.25, 0.3) is 0 Å². The van der Waals surface area contributed by atoms with Crippen molar-refractivity contribution < 1.29 is 17.9 Å². The Morgan fingerprint density at radius 3 is 2.30 bits per heavy atom. The molecule has 0 bridgehead atoms. The van der Waals surface area contributed by atoms with Gasteiger partial charge in [0, 0.05) is 23.5 Å². The number of nitrogens with zero attached hydrogens (tertiary/aromatic N) is 3. The van der Waals surface area contributed by atoms with E-state index in [4.69, 9.17) is 16.3 Å². The second-order valence-electron chi connectivity index (χ2n) is 5.52. The Bertz CT molecular complexity index is 902. The van der Waals surface area contributed by atoms with E-state index in [1.165, 1.54) is 0 Å². The van der Waals surface area contributed by atoms with E-state index in [-0.39, 0.29) is 11.7 Å². The lowest BCUT2D eigenvalue weighted by Crippen LogP contribution is -2.20. The van der Waals surface area contributed by atoms with Gasteiger partial charge < -0.3 is 9.64 Å². The lowest BCUT2D eigenvalue weighted by molar-refractivity contribution is -0.139. The normalized spacial score (nSPS) is 11.3. The largest absolute Gasteiger partial charge is 0.438 e. The van der Waals surface area contributed by atoms with Gasteiger partial charge in [-0.25, -0.2) is 4.98 Å². The molecule has 0 radical (unpaired) electrons. The zero-order valence-corrected chi connectivity index (χ0v) is 15.0. The van der Waals surface area contributed by atoms with Gasteiger partial charge in [0.05, 0.1) is 0 Å². The highest BCUT2D eigenvalue weighted by Crippen LogP contribution is 2.38. The molecule has 0 aliphatic rings. The molecule has 0 atom stereocenters. The van der Waals surface area contributed by atoms with E-state index in [1.807, 2.05) is 6.92 Å². The van der Waals surface area contributed by atoms with Crippen molar-refractivity contribution in [3.8, 4) is 11.6 Å². The first-order valence-corrected chi connectivity index (χ1v) is 8.46. The summed E-state index contributed by atoms with van der Waals surface area (Å²) in [6.45, 7) is 2.28. The van der Waals surface area contributed by atoms with Crippen molar-refractivity contribution in [2.24, 2.45) is 0 Å². The smallest absolute Gasteiger partial charge is 0.423 e. The van der Waals surface area contributed by atoms with E-state index in [1.54, 1.807) is 59.5 Å². The number of para-hydroxylation sites is 1. The summed E-state index contributed by atoms with van der Waals surface area (Å²) in [7, 11) is 0. The van der Waals surface area contributed by atoms with Crippen LogP contribution < -0.4 is 9.64 Å². The average molecular weight is 394 g/mol. The summed E-state index contributed by atoms with van der Waals surface area (Å²) in [5.41, 5.74) is -0.338. The van der Waals surface area contributed by atoms with Crippen molar-refractivity contribution in [1.82, 2.24) is 9.97 Å². The summed E-state index contributed by atoms with van der Waals surface area (Å²) in [6, 6.07) is 15.0. The number of aromatic nitrogens is 2. The Labute approximate surface area is 159 Å². The lowest BCUT2D eigenvalue weighted by Gasteiger charge is -2.22. The summed E-state index contributed by atoms with van der Waals surface area (Å²) in [4.78, 5) is 9.60. The quantitative estimate of drug-likeness (QED) is 0.525. The highest BCUT2D eigenvalue weighted by molar-refractivity contribution is 6.30. The first-order chi connectivity index (χ1) is 12.9. The van der Waals surface area contributed by atoms with Crippen LogP contribution in [-0.2, 0) is 6.18 Å². The number of rotatable bonds is 5. The van der Waals surface area contributed by atoms with E-state index in [0.717, 1.165) is 6.20 Å². The van der Waals surface area contributed by atoms with Crippen LogP contribution in [-0.4, -0.2) is 16.5 Å². The standard InChI is InChI=1S/C19H15ClF3N3O/c1-2-26(14-10-8-13(20)9-11-14)18-24-12-16(19(21,22)23)17(25-18)27-15-6-4-3-5-7-15/h3-12H,2H2,1H3. The lowest BCUT2D eigenvalue weighted by atomic mass is 10.3. The van der Waals surface area contributed by atoms with Crippen LogP contribution in [0.2, 0.25) is 5.02 Å². The molecule has 4 nitrogen and oxygen atoms in total. The van der Waals surface area contributed by atoms with Crippen LogP contribution in [0.15, 0.2) is 60.8 Å². The van der Waals surface area contributed by atoms with Crippen LogP contribution in [0.4, 0.5) is 24.8 Å². The average Bonchev–Trinajstić information content (AvgIpc) is 2.64. The van der Waals surface area contributed by atoms with E-state index in [9.17, 15) is 13.2 Å². The first kappa shape index (κ1) is 19.0. The van der Waals surface area contributed by atoms with Crippen LogP contribution in [0.3, 0.4) is 0 Å². The topological polar surface area (TPSA) is 38.2 Å². The molecule has 27 heavy (non-hydrogen) atoms. The Hall–Kier alpha value is -2.80. The molecule has 140 valence electrons. The zero-order valence-electron chi connectivity index (χ0n) is 14.2. The van der Waals surface area contributed by atoms with Crippen LogP contribution in [0.1, 0.15) is 12.5 Å². The van der Waals surface area contributed by atoms with Gasteiger partial charge in [0.1, 0.15) is 11.3 Å². The molecule has 3 aromatic rings. The van der Waals surface area contributed by atoms with E-state index < -0.39 is 17.6 Å². The minimum Gasteiger partial charge on any atom is -0.438 e. The van der Waals surface area contributed by atoms with Gasteiger partial charge >= 0.3 is 6.18 Å². The summed E-state index contributed by atoms with van der Waals surface area (Å²) >= 11 is 5.90. The van der Waals surface area contributed by atoms with Gasteiger partial charge in [-0.05, 0) is 43.3 Å². The maximum atomic E-state index is 13.3. The molecule has 0 aliphatic carbocycles. The fraction of sp³-hybridized carbons (Fsp3) is 0.158. The van der Waals surface area contributed by atoms with Gasteiger partial charge in [-0.3, -0.25) is 0 Å². The van der Waals surface area contributed by atoms with Crippen molar-refractivity contribution in [1.29, 1.82) is 0 Å². The molecule has 0 aliphatic heterocycles. The van der Waals surface area contributed by atoms with E-state index >= 15 is 0 Å². The van der Waals surface area contributed by atoms with Crippen molar-refractivity contribution >= 4 is 23.2 Å². The van der Waals surface area contributed by atoms with Crippen molar-refractivity contribution in [2.75, 3.05) is 11.4 Å². The monoisotopic (exact) mass is 393 g/mol. The number of hydrogen-bond donors (Lipinski definition) is 0. The summed E-state index contributed by atoms with van der Waals surface area (Å²) < 4.78 is 45.4. The van der Waals surface area contributed by atoms with Gasteiger partial charge in [0.15, 0.2) is 0 Å². The van der Waals surface area contributed by atoms with E-state index in [2.05, 4.69) is 9.97 Å². The molecule has 0 fully saturated rings. The fourth-order valence-electron chi connectivity index (χ4n) is 2.42. The third-order valence-corrected chi connectivity index (χ3v) is 3.95. The minimum absolute atomic E-state index is 0.0961. The SMILES string of the molecule is CCN(c1ccc(Cl)cc1)c1ncc(C(F)(F)F)c(Oc2ccccc2)n1. The Morgan fingerprint density at radius 1 is 1.04 bits per heavy atom. The molecule has 8 heteroatoms. The van der Waals surface area contributed by atoms with Crippen LogP contribution in [0.5, 0.6) is 11.6 Å². The van der Waals surface area contributed by atoms with Crippen molar-refractivity contribution in [3.63, 3.8) is 0 Å². The summed E-state index contributed by atoms with van der Waals surface area (Å²) in [5.74, 6) is -0.202. The van der Waals surface area contributed by atoms with Crippen LogP contribution in [0, 0.1) is 0 Å². The molecule has 0 spiro atoms. The molecule has 0 unspecified atom stereocenters. The number of halogens is 4. The first-order valence-electron chi connectivity index (χ1n) is 8.08. The maximum absolute atomic E-state index is 13.3. The van der Waals surface area contributed by atoms with Gasteiger partial charge in [-0.1, -0.05) is 29.8 Å². The highest BCUT2D eigenvalue weighted by Gasteiger charge is 2.37. The Kier molecular flexibility index (Phi) is 5.51. The number of ether oxygens (including phenoxy) is 1. The second-order valence-corrected chi connectivity index (χ2v) is 5.96. The predicted molar refractivity (Wildman–Crippen MR) is 97.7 cm³/mol. The highest BCUT2D eigenvalue weighted by atomic mass is 35.5. The minimum atomic E-state index is -4.64. The number of hydrogen-bond acceptors (Lipinski definition) is 4. The third-order valence-electron chi connectivity index (χ3n) is 3.70. The fourth-order valence-corrected chi connectivity index (χ4v) is 2.55. The third kappa shape index (κ3) is 4.49. The van der Waals surface area contributed by atoms with Crippen LogP contribution >= 0.6 is 11.6 Å². The molecular formula is C19H15ClF3N3O. The van der Waals surface area contributed by atoms with Gasteiger partial charge in [-0.2, -0.15) is 18.2 Å². The summed E-state index contributed by atoms with van der Waals surface area (Å²) in [5, 5.41) is 0.552. The molecule has 1 aromatic heterocycles.